The first-order valence-corrected chi connectivity index (χ1v) is 5.28. The lowest BCUT2D eigenvalue weighted by Gasteiger charge is -2.17. The highest BCUT2D eigenvalue weighted by Gasteiger charge is 2.14. The van der Waals surface area contributed by atoms with E-state index in [-0.39, 0.29) is 5.41 Å². The van der Waals surface area contributed by atoms with Crippen LogP contribution in [0.2, 0.25) is 0 Å². The number of hydrogen-bond donors (Lipinski definition) is 0. The molecule has 66 valence electrons. The van der Waals surface area contributed by atoms with Gasteiger partial charge in [0.1, 0.15) is 0 Å². The van der Waals surface area contributed by atoms with Gasteiger partial charge in [-0.1, -0.05) is 26.8 Å². The third-order valence-electron chi connectivity index (χ3n) is 1.70. The van der Waals surface area contributed by atoms with Crippen LogP contribution in [-0.2, 0) is 5.41 Å². The summed E-state index contributed by atoms with van der Waals surface area (Å²) in [6.45, 7) is 6.54. The van der Waals surface area contributed by atoms with Gasteiger partial charge in [-0.25, -0.2) is 4.98 Å². The highest BCUT2D eigenvalue weighted by molar-refractivity contribution is 7.98. The van der Waals surface area contributed by atoms with Crippen molar-refractivity contribution in [3.63, 3.8) is 0 Å². The second kappa shape index (κ2) is 3.48. The second-order valence-electron chi connectivity index (χ2n) is 3.82. The highest BCUT2D eigenvalue weighted by Crippen LogP contribution is 2.22. The fourth-order valence-electron chi connectivity index (χ4n) is 0.946. The monoisotopic (exact) mass is 181 g/mol. The smallest absolute Gasteiger partial charge is 0.0960 e. The summed E-state index contributed by atoms with van der Waals surface area (Å²) in [5.41, 5.74) is 1.32. The third kappa shape index (κ3) is 2.24. The lowest BCUT2D eigenvalue weighted by Crippen LogP contribution is -2.13. The zero-order valence-corrected chi connectivity index (χ0v) is 8.90. The minimum Gasteiger partial charge on any atom is -0.246 e. The average Bonchev–Trinajstić information content (AvgIpc) is 2.03. The molecule has 0 unspecified atom stereocenters. The number of aromatic nitrogens is 1. The van der Waals surface area contributed by atoms with Crippen molar-refractivity contribution in [2.45, 2.75) is 31.2 Å². The Morgan fingerprint density at radius 2 is 1.92 bits per heavy atom. The number of hydrogen-bond acceptors (Lipinski definition) is 2. The zero-order valence-electron chi connectivity index (χ0n) is 8.09. The molecule has 0 aliphatic carbocycles. The Morgan fingerprint density at radius 3 is 2.42 bits per heavy atom. The SMILES string of the molecule is CSc1cccc(C(C)(C)C)n1. The van der Waals surface area contributed by atoms with E-state index in [9.17, 15) is 0 Å². The predicted octanol–water partition coefficient (Wildman–Crippen LogP) is 3.10. The van der Waals surface area contributed by atoms with E-state index in [0.29, 0.717) is 0 Å². The standard InChI is InChI=1S/C10H15NS/c1-10(2,3)8-6-5-7-9(11-8)12-4/h5-7H,1-4H3. The summed E-state index contributed by atoms with van der Waals surface area (Å²) in [7, 11) is 0. The molecule has 12 heavy (non-hydrogen) atoms. The number of pyridine rings is 1. The van der Waals surface area contributed by atoms with Gasteiger partial charge in [0.25, 0.3) is 0 Å². The van der Waals surface area contributed by atoms with E-state index in [0.717, 1.165) is 10.7 Å². The zero-order chi connectivity index (χ0) is 9.19. The fraction of sp³-hybridized carbons (Fsp3) is 0.500. The van der Waals surface area contributed by atoms with Crippen LogP contribution in [0.1, 0.15) is 26.5 Å². The Balaban J connectivity index is 3.02. The lowest BCUT2D eigenvalue weighted by molar-refractivity contribution is 0.563. The van der Waals surface area contributed by atoms with E-state index >= 15 is 0 Å². The Morgan fingerprint density at radius 1 is 1.25 bits per heavy atom. The van der Waals surface area contributed by atoms with E-state index in [1.807, 2.05) is 6.07 Å². The summed E-state index contributed by atoms with van der Waals surface area (Å²) in [6, 6.07) is 6.19. The van der Waals surface area contributed by atoms with Gasteiger partial charge in [0.15, 0.2) is 0 Å². The molecule has 1 heterocycles. The van der Waals surface area contributed by atoms with Crippen LogP contribution in [0.5, 0.6) is 0 Å². The highest BCUT2D eigenvalue weighted by atomic mass is 32.2. The van der Waals surface area contributed by atoms with Crippen LogP contribution in [0.4, 0.5) is 0 Å². The van der Waals surface area contributed by atoms with E-state index in [1.165, 1.54) is 0 Å². The number of thioether (sulfide) groups is 1. The molecule has 0 amide bonds. The first-order valence-electron chi connectivity index (χ1n) is 4.05. The predicted molar refractivity (Wildman–Crippen MR) is 54.7 cm³/mol. The van der Waals surface area contributed by atoms with Gasteiger partial charge < -0.3 is 0 Å². The van der Waals surface area contributed by atoms with Crippen molar-refractivity contribution in [2.75, 3.05) is 6.26 Å². The Labute approximate surface area is 78.6 Å². The van der Waals surface area contributed by atoms with Crippen molar-refractivity contribution in [3.8, 4) is 0 Å². The van der Waals surface area contributed by atoms with Gasteiger partial charge in [-0.05, 0) is 18.4 Å². The molecule has 0 atom stereocenters. The van der Waals surface area contributed by atoms with Crippen molar-refractivity contribution in [2.24, 2.45) is 0 Å². The van der Waals surface area contributed by atoms with Crippen LogP contribution in [-0.4, -0.2) is 11.2 Å². The molecular formula is C10H15NS. The van der Waals surface area contributed by atoms with Crippen molar-refractivity contribution in [3.05, 3.63) is 23.9 Å². The molecule has 0 fully saturated rings. The van der Waals surface area contributed by atoms with Crippen LogP contribution in [0.3, 0.4) is 0 Å². The van der Waals surface area contributed by atoms with Gasteiger partial charge in [0.2, 0.25) is 0 Å². The summed E-state index contributed by atoms with van der Waals surface area (Å²) in [4.78, 5) is 4.53. The molecular weight excluding hydrogens is 166 g/mol. The average molecular weight is 181 g/mol. The molecule has 0 radical (unpaired) electrons. The minimum absolute atomic E-state index is 0.158. The van der Waals surface area contributed by atoms with Gasteiger partial charge in [-0.3, -0.25) is 0 Å². The normalized spacial score (nSPS) is 11.7. The largest absolute Gasteiger partial charge is 0.246 e. The molecule has 1 nitrogen and oxygen atoms in total. The molecule has 0 aliphatic heterocycles. The van der Waals surface area contributed by atoms with Crippen LogP contribution in [0.15, 0.2) is 23.2 Å². The maximum atomic E-state index is 4.53. The quantitative estimate of drug-likeness (QED) is 0.617. The summed E-state index contributed by atoms with van der Waals surface area (Å²) in [6.07, 6.45) is 2.05. The minimum atomic E-state index is 0.158. The van der Waals surface area contributed by atoms with E-state index in [2.05, 4.69) is 44.1 Å². The molecule has 0 bridgehead atoms. The maximum Gasteiger partial charge on any atom is 0.0960 e. The number of rotatable bonds is 1. The van der Waals surface area contributed by atoms with Crippen LogP contribution >= 0.6 is 11.8 Å². The molecule has 1 aromatic rings. The maximum absolute atomic E-state index is 4.53. The first-order chi connectivity index (χ1) is 5.54. The molecule has 2 heteroatoms. The topological polar surface area (TPSA) is 12.9 Å². The van der Waals surface area contributed by atoms with Crippen LogP contribution in [0.25, 0.3) is 0 Å². The second-order valence-corrected chi connectivity index (χ2v) is 4.64. The van der Waals surface area contributed by atoms with Gasteiger partial charge in [0.05, 0.1) is 5.03 Å². The van der Waals surface area contributed by atoms with E-state index in [4.69, 9.17) is 0 Å². The van der Waals surface area contributed by atoms with Gasteiger partial charge in [-0.2, -0.15) is 0 Å². The Kier molecular flexibility index (Phi) is 2.78. The number of nitrogens with zero attached hydrogens (tertiary/aromatic N) is 1. The molecule has 0 saturated carbocycles. The molecule has 0 spiro atoms. The summed E-state index contributed by atoms with van der Waals surface area (Å²) in [5.74, 6) is 0. The summed E-state index contributed by atoms with van der Waals surface area (Å²) < 4.78 is 0. The molecule has 0 aliphatic rings. The summed E-state index contributed by atoms with van der Waals surface area (Å²) in [5, 5.41) is 1.10. The Bertz CT molecular complexity index is 263. The Hall–Kier alpha value is -0.500. The molecule has 0 aromatic carbocycles. The molecule has 1 rings (SSSR count). The third-order valence-corrected chi connectivity index (χ3v) is 2.35. The fourth-order valence-corrected chi connectivity index (χ4v) is 1.35. The van der Waals surface area contributed by atoms with Crippen LogP contribution < -0.4 is 0 Å². The van der Waals surface area contributed by atoms with Crippen molar-refractivity contribution in [1.29, 1.82) is 0 Å². The summed E-state index contributed by atoms with van der Waals surface area (Å²) >= 11 is 1.69. The van der Waals surface area contributed by atoms with E-state index < -0.39 is 0 Å². The first kappa shape index (κ1) is 9.59. The van der Waals surface area contributed by atoms with Gasteiger partial charge in [0, 0.05) is 11.1 Å². The van der Waals surface area contributed by atoms with Crippen molar-refractivity contribution < 1.29 is 0 Å². The molecule has 0 N–H and O–H groups in total. The van der Waals surface area contributed by atoms with Gasteiger partial charge in [-0.15, -0.1) is 11.8 Å². The lowest BCUT2D eigenvalue weighted by atomic mass is 9.92. The van der Waals surface area contributed by atoms with Gasteiger partial charge >= 0.3 is 0 Å². The van der Waals surface area contributed by atoms with Crippen LogP contribution in [0, 0.1) is 0 Å². The molecule has 0 saturated heterocycles. The van der Waals surface area contributed by atoms with E-state index in [1.54, 1.807) is 11.8 Å². The van der Waals surface area contributed by atoms with Crippen molar-refractivity contribution >= 4 is 11.8 Å². The van der Waals surface area contributed by atoms with Crippen molar-refractivity contribution in [1.82, 2.24) is 4.98 Å². The molecule has 1 aromatic heterocycles.